The number of aliphatic hydroxyl groups is 2. The number of rotatable bonds is 4. The van der Waals surface area contributed by atoms with Gasteiger partial charge in [-0.1, -0.05) is 31.4 Å². The van der Waals surface area contributed by atoms with Gasteiger partial charge in [0.1, 0.15) is 5.60 Å². The van der Waals surface area contributed by atoms with Crippen molar-refractivity contribution in [3.8, 4) is 12.3 Å². The fraction of sp³-hybridized carbons (Fsp3) is 0.714. The summed E-state index contributed by atoms with van der Waals surface area (Å²) in [5, 5.41) is 23.4. The van der Waals surface area contributed by atoms with Crippen LogP contribution in [0.3, 0.4) is 0 Å². The molecular weight excluding hydrogens is 428 g/mol. The van der Waals surface area contributed by atoms with Crippen molar-refractivity contribution in [1.82, 2.24) is 9.80 Å². The number of Topliss-reactive ketones (excluding diaryl/α,β-unsaturated/α-hetero) is 1. The van der Waals surface area contributed by atoms with Gasteiger partial charge in [-0.15, -0.1) is 6.42 Å². The van der Waals surface area contributed by atoms with Gasteiger partial charge in [0, 0.05) is 42.9 Å². The summed E-state index contributed by atoms with van der Waals surface area (Å²) in [6, 6.07) is 0. The first-order valence-corrected chi connectivity index (χ1v) is 12.9. The highest BCUT2D eigenvalue weighted by molar-refractivity contribution is 6.01. The predicted octanol–water partition coefficient (Wildman–Crippen LogP) is 1.82. The van der Waals surface area contributed by atoms with E-state index >= 15 is 0 Å². The van der Waals surface area contributed by atoms with Crippen molar-refractivity contribution < 1.29 is 19.8 Å². The number of ketones is 2. The molecule has 0 aromatic rings. The number of aliphatic hydroxyl groups excluding tert-OH is 1. The van der Waals surface area contributed by atoms with Crippen LogP contribution in [0.15, 0.2) is 23.8 Å². The minimum Gasteiger partial charge on any atom is -0.393 e. The standard InChI is InChI=1S/C28H38N2O4/c1-4-11-29-12-14-30(15-13-29)18-24(33)28(34)10-8-22-21-6-5-19-16-20(31)7-9-26(19,2)25(21)23(32)17-27(22,28)3/h1,7,9,16,21-23,25,32,34H,5-6,8,10-15,17-18H2,2-3H3/t21?,22?,23?,25?,26?,27?,28-/m0/s1. The Balaban J connectivity index is 1.35. The lowest BCUT2D eigenvalue weighted by Gasteiger charge is -2.59. The van der Waals surface area contributed by atoms with Crippen LogP contribution in [0.2, 0.25) is 0 Å². The Morgan fingerprint density at radius 1 is 1.21 bits per heavy atom. The predicted molar refractivity (Wildman–Crippen MR) is 130 cm³/mol. The van der Waals surface area contributed by atoms with Crippen molar-refractivity contribution in [2.24, 2.45) is 28.6 Å². The molecule has 0 radical (unpaired) electrons. The third-order valence-corrected chi connectivity index (χ3v) is 10.3. The van der Waals surface area contributed by atoms with Gasteiger partial charge in [0.25, 0.3) is 0 Å². The van der Waals surface area contributed by atoms with Crippen LogP contribution >= 0.6 is 0 Å². The van der Waals surface area contributed by atoms with Gasteiger partial charge in [0.15, 0.2) is 11.6 Å². The Morgan fingerprint density at radius 2 is 1.91 bits per heavy atom. The Kier molecular flexibility index (Phi) is 5.92. The van der Waals surface area contributed by atoms with Gasteiger partial charge in [0.2, 0.25) is 0 Å². The van der Waals surface area contributed by atoms with Crippen molar-refractivity contribution >= 4 is 11.6 Å². The van der Waals surface area contributed by atoms with Gasteiger partial charge in [-0.2, -0.15) is 0 Å². The van der Waals surface area contributed by atoms with E-state index in [-0.39, 0.29) is 41.3 Å². The molecule has 2 N–H and O–H groups in total. The Hall–Kier alpha value is -1.78. The van der Waals surface area contributed by atoms with Crippen molar-refractivity contribution in [3.05, 3.63) is 23.8 Å². The van der Waals surface area contributed by atoms with E-state index in [1.807, 2.05) is 13.0 Å². The zero-order chi connectivity index (χ0) is 24.3. The van der Waals surface area contributed by atoms with Gasteiger partial charge in [-0.3, -0.25) is 19.4 Å². The van der Waals surface area contributed by atoms with E-state index in [4.69, 9.17) is 6.42 Å². The SMILES string of the molecule is C#CCN1CCN(CC(=O)[C@@]2(O)CCC3C4CCC5=CC(=O)C=CC5(C)C4C(O)CC32C)CC1. The maximum atomic E-state index is 13.6. The summed E-state index contributed by atoms with van der Waals surface area (Å²) in [5.74, 6) is 3.04. The summed E-state index contributed by atoms with van der Waals surface area (Å²) in [6.07, 6.45) is 13.6. The smallest absolute Gasteiger partial charge is 0.178 e. The largest absolute Gasteiger partial charge is 0.393 e. The average molecular weight is 467 g/mol. The molecule has 4 fully saturated rings. The molecule has 4 aliphatic carbocycles. The molecule has 0 bridgehead atoms. The van der Waals surface area contributed by atoms with Gasteiger partial charge in [-0.05, 0) is 56.1 Å². The summed E-state index contributed by atoms with van der Waals surface area (Å²) in [7, 11) is 0. The Bertz CT molecular complexity index is 973. The number of hydrogen-bond acceptors (Lipinski definition) is 6. The van der Waals surface area contributed by atoms with Gasteiger partial charge in [0.05, 0.1) is 19.2 Å². The number of allylic oxidation sites excluding steroid dienone is 4. The molecule has 6 unspecified atom stereocenters. The molecule has 34 heavy (non-hydrogen) atoms. The van der Waals surface area contributed by atoms with E-state index in [9.17, 15) is 19.8 Å². The maximum absolute atomic E-state index is 13.6. The summed E-state index contributed by atoms with van der Waals surface area (Å²) >= 11 is 0. The van der Waals surface area contributed by atoms with E-state index < -0.39 is 17.1 Å². The molecule has 6 heteroatoms. The summed E-state index contributed by atoms with van der Waals surface area (Å²) in [5.41, 5.74) is -1.26. The fourth-order valence-corrected chi connectivity index (χ4v) is 8.36. The third-order valence-electron chi connectivity index (χ3n) is 10.3. The second-order valence-electron chi connectivity index (χ2n) is 11.8. The zero-order valence-corrected chi connectivity index (χ0v) is 20.5. The number of terminal acetylenes is 1. The highest BCUT2D eigenvalue weighted by Gasteiger charge is 2.68. The lowest BCUT2D eigenvalue weighted by Crippen LogP contribution is -2.62. The second kappa shape index (κ2) is 8.41. The number of piperazine rings is 1. The first-order valence-electron chi connectivity index (χ1n) is 12.9. The highest BCUT2D eigenvalue weighted by Crippen LogP contribution is 2.67. The van der Waals surface area contributed by atoms with E-state index in [0.29, 0.717) is 19.4 Å². The average Bonchev–Trinajstić information content (AvgIpc) is 3.07. The molecule has 0 aromatic carbocycles. The number of carbonyl (C=O) groups excluding carboxylic acids is 2. The number of nitrogens with zero attached hydrogens (tertiary/aromatic N) is 2. The molecule has 0 aromatic heterocycles. The van der Waals surface area contributed by atoms with Crippen LogP contribution in [-0.4, -0.2) is 82.6 Å². The molecule has 6 nitrogen and oxygen atoms in total. The molecule has 1 saturated heterocycles. The monoisotopic (exact) mass is 466 g/mol. The normalized spacial score (nSPS) is 44.6. The van der Waals surface area contributed by atoms with E-state index in [0.717, 1.165) is 51.0 Å². The fourth-order valence-electron chi connectivity index (χ4n) is 8.36. The van der Waals surface area contributed by atoms with Gasteiger partial charge < -0.3 is 10.2 Å². The number of carbonyl (C=O) groups is 2. The molecule has 184 valence electrons. The van der Waals surface area contributed by atoms with Crippen molar-refractivity contribution in [3.63, 3.8) is 0 Å². The molecular formula is C28H38N2O4. The van der Waals surface area contributed by atoms with Crippen LogP contribution < -0.4 is 0 Å². The van der Waals surface area contributed by atoms with Crippen LogP contribution in [-0.2, 0) is 9.59 Å². The Labute approximate surface area is 203 Å². The molecule has 5 aliphatic rings. The molecule has 5 rings (SSSR count). The topological polar surface area (TPSA) is 81.1 Å². The molecule has 0 spiro atoms. The number of fused-ring (bicyclic) bond motifs is 5. The lowest BCUT2D eigenvalue weighted by molar-refractivity contribution is -0.177. The summed E-state index contributed by atoms with van der Waals surface area (Å²) in [4.78, 5) is 30.0. The second-order valence-corrected chi connectivity index (χ2v) is 11.8. The Morgan fingerprint density at radius 3 is 2.62 bits per heavy atom. The maximum Gasteiger partial charge on any atom is 0.178 e. The minimum atomic E-state index is -1.41. The van der Waals surface area contributed by atoms with Crippen LogP contribution in [0.1, 0.15) is 46.0 Å². The molecule has 0 amide bonds. The first-order chi connectivity index (χ1) is 16.1. The van der Waals surface area contributed by atoms with Crippen LogP contribution in [0.4, 0.5) is 0 Å². The lowest BCUT2D eigenvalue weighted by atomic mass is 9.46. The number of hydrogen-bond donors (Lipinski definition) is 2. The minimum absolute atomic E-state index is 0.0107. The van der Waals surface area contributed by atoms with Gasteiger partial charge in [-0.25, -0.2) is 0 Å². The molecule has 7 atom stereocenters. The van der Waals surface area contributed by atoms with Crippen LogP contribution in [0, 0.1) is 40.9 Å². The van der Waals surface area contributed by atoms with Crippen molar-refractivity contribution in [2.75, 3.05) is 39.3 Å². The summed E-state index contributed by atoms with van der Waals surface area (Å²) in [6.45, 7) is 8.29. The molecule has 1 heterocycles. The molecule has 3 saturated carbocycles. The van der Waals surface area contributed by atoms with E-state index in [2.05, 4.69) is 22.6 Å². The third kappa shape index (κ3) is 3.47. The van der Waals surface area contributed by atoms with Crippen LogP contribution in [0.5, 0.6) is 0 Å². The highest BCUT2D eigenvalue weighted by atomic mass is 16.3. The zero-order valence-electron chi connectivity index (χ0n) is 20.5. The molecule has 1 aliphatic heterocycles. The van der Waals surface area contributed by atoms with Crippen molar-refractivity contribution in [2.45, 2.75) is 57.7 Å². The first kappa shape index (κ1) is 23.9. The van der Waals surface area contributed by atoms with E-state index in [1.165, 1.54) is 0 Å². The summed E-state index contributed by atoms with van der Waals surface area (Å²) < 4.78 is 0. The van der Waals surface area contributed by atoms with Gasteiger partial charge >= 0.3 is 0 Å². The van der Waals surface area contributed by atoms with Crippen molar-refractivity contribution in [1.29, 1.82) is 0 Å². The quantitative estimate of drug-likeness (QED) is 0.615. The van der Waals surface area contributed by atoms with E-state index in [1.54, 1.807) is 12.2 Å². The van der Waals surface area contributed by atoms with Crippen LogP contribution in [0.25, 0.3) is 0 Å².